The van der Waals surface area contributed by atoms with Gasteiger partial charge in [0.2, 0.25) is 0 Å². The molecule has 1 N–H and O–H groups in total. The molecule has 0 radical (unpaired) electrons. The van der Waals surface area contributed by atoms with Crippen LogP contribution in [0.4, 0.5) is 0 Å². The topological polar surface area (TPSA) is 15.3 Å². The standard InChI is InChI=1S/C16H32N2/c1-2-11-17-16-10-8-9-15(16)14-18-12-6-4-3-5-7-13-18/h15-17H,2-14H2,1H3. The van der Waals surface area contributed by atoms with E-state index in [1.165, 1.54) is 84.0 Å². The zero-order chi connectivity index (χ0) is 12.6. The van der Waals surface area contributed by atoms with E-state index in [2.05, 4.69) is 17.1 Å². The molecule has 106 valence electrons. The van der Waals surface area contributed by atoms with Gasteiger partial charge in [-0.2, -0.15) is 0 Å². The normalized spacial score (nSPS) is 31.2. The van der Waals surface area contributed by atoms with Gasteiger partial charge in [0.15, 0.2) is 0 Å². The van der Waals surface area contributed by atoms with Gasteiger partial charge in [-0.1, -0.05) is 32.6 Å². The third kappa shape index (κ3) is 4.55. The second-order valence-electron chi connectivity index (χ2n) is 6.32. The average Bonchev–Trinajstić information content (AvgIpc) is 2.77. The largest absolute Gasteiger partial charge is 0.314 e. The van der Waals surface area contributed by atoms with E-state index in [0.29, 0.717) is 0 Å². The molecule has 2 atom stereocenters. The maximum absolute atomic E-state index is 3.77. The molecule has 1 aliphatic carbocycles. The summed E-state index contributed by atoms with van der Waals surface area (Å²) in [6.45, 7) is 7.56. The number of nitrogens with zero attached hydrogens (tertiary/aromatic N) is 1. The number of rotatable bonds is 5. The van der Waals surface area contributed by atoms with Gasteiger partial charge in [-0.3, -0.25) is 0 Å². The Labute approximate surface area is 114 Å². The molecule has 2 nitrogen and oxygen atoms in total. The predicted molar refractivity (Wildman–Crippen MR) is 78.9 cm³/mol. The number of hydrogen-bond donors (Lipinski definition) is 1. The molecule has 0 aromatic rings. The first kappa shape index (κ1) is 14.3. The third-order valence-electron chi connectivity index (χ3n) is 4.76. The smallest absolute Gasteiger partial charge is 0.0107 e. The Morgan fingerprint density at radius 3 is 2.39 bits per heavy atom. The van der Waals surface area contributed by atoms with Crippen molar-refractivity contribution in [2.24, 2.45) is 5.92 Å². The lowest BCUT2D eigenvalue weighted by Crippen LogP contribution is -2.40. The SMILES string of the molecule is CCCNC1CCCC1CN1CCCCCCC1. The second kappa shape index (κ2) is 8.16. The van der Waals surface area contributed by atoms with Crippen molar-refractivity contribution in [3.05, 3.63) is 0 Å². The van der Waals surface area contributed by atoms with Crippen LogP contribution in [-0.2, 0) is 0 Å². The quantitative estimate of drug-likeness (QED) is 0.806. The molecule has 0 amide bonds. The zero-order valence-electron chi connectivity index (χ0n) is 12.3. The summed E-state index contributed by atoms with van der Waals surface area (Å²) in [4.78, 5) is 2.76. The summed E-state index contributed by atoms with van der Waals surface area (Å²) >= 11 is 0. The lowest BCUT2D eigenvalue weighted by atomic mass is 10.0. The number of likely N-dealkylation sites (tertiary alicyclic amines) is 1. The zero-order valence-corrected chi connectivity index (χ0v) is 12.3. The maximum Gasteiger partial charge on any atom is 0.0107 e. The van der Waals surface area contributed by atoms with Crippen molar-refractivity contribution in [3.8, 4) is 0 Å². The summed E-state index contributed by atoms with van der Waals surface area (Å²) in [7, 11) is 0. The molecular weight excluding hydrogens is 220 g/mol. The Hall–Kier alpha value is -0.0800. The summed E-state index contributed by atoms with van der Waals surface area (Å²) in [6, 6.07) is 0.815. The minimum absolute atomic E-state index is 0.815. The van der Waals surface area contributed by atoms with Crippen LogP contribution in [0.15, 0.2) is 0 Å². The van der Waals surface area contributed by atoms with Crippen molar-refractivity contribution >= 4 is 0 Å². The van der Waals surface area contributed by atoms with E-state index in [4.69, 9.17) is 0 Å². The molecule has 0 aromatic carbocycles. The van der Waals surface area contributed by atoms with Gasteiger partial charge in [-0.15, -0.1) is 0 Å². The van der Waals surface area contributed by atoms with Crippen LogP contribution >= 0.6 is 0 Å². The molecule has 1 saturated carbocycles. The van der Waals surface area contributed by atoms with E-state index in [-0.39, 0.29) is 0 Å². The lowest BCUT2D eigenvalue weighted by Gasteiger charge is -2.30. The molecule has 0 spiro atoms. The van der Waals surface area contributed by atoms with E-state index in [0.717, 1.165) is 12.0 Å². The molecule has 2 heteroatoms. The summed E-state index contributed by atoms with van der Waals surface area (Å²) in [5, 5.41) is 3.77. The van der Waals surface area contributed by atoms with Gasteiger partial charge >= 0.3 is 0 Å². The van der Waals surface area contributed by atoms with Crippen molar-refractivity contribution < 1.29 is 0 Å². The van der Waals surface area contributed by atoms with Gasteiger partial charge in [0.05, 0.1) is 0 Å². The average molecular weight is 252 g/mol. The number of nitrogens with one attached hydrogen (secondary N) is 1. The summed E-state index contributed by atoms with van der Waals surface area (Å²) < 4.78 is 0. The maximum atomic E-state index is 3.77. The van der Waals surface area contributed by atoms with Crippen LogP contribution in [0.25, 0.3) is 0 Å². The number of hydrogen-bond acceptors (Lipinski definition) is 2. The molecule has 1 saturated heterocycles. The van der Waals surface area contributed by atoms with Crippen LogP contribution in [0.2, 0.25) is 0 Å². The minimum atomic E-state index is 0.815. The van der Waals surface area contributed by atoms with Gasteiger partial charge < -0.3 is 10.2 Å². The summed E-state index contributed by atoms with van der Waals surface area (Å²) in [5.74, 6) is 0.927. The van der Waals surface area contributed by atoms with Crippen molar-refractivity contribution in [1.82, 2.24) is 10.2 Å². The fourth-order valence-electron chi connectivity index (χ4n) is 3.68. The first-order valence-electron chi connectivity index (χ1n) is 8.36. The Morgan fingerprint density at radius 2 is 1.67 bits per heavy atom. The monoisotopic (exact) mass is 252 g/mol. The Balaban J connectivity index is 1.75. The third-order valence-corrected chi connectivity index (χ3v) is 4.76. The van der Waals surface area contributed by atoms with Crippen LogP contribution in [0.3, 0.4) is 0 Å². The van der Waals surface area contributed by atoms with Crippen LogP contribution in [-0.4, -0.2) is 37.1 Å². The fraction of sp³-hybridized carbons (Fsp3) is 1.00. The fourth-order valence-corrected chi connectivity index (χ4v) is 3.68. The summed E-state index contributed by atoms with van der Waals surface area (Å²) in [6.07, 6.45) is 12.8. The Kier molecular flexibility index (Phi) is 6.50. The lowest BCUT2D eigenvalue weighted by molar-refractivity contribution is 0.197. The van der Waals surface area contributed by atoms with Crippen LogP contribution in [0, 0.1) is 5.92 Å². The molecule has 1 aliphatic heterocycles. The van der Waals surface area contributed by atoms with E-state index in [9.17, 15) is 0 Å². The van der Waals surface area contributed by atoms with E-state index in [1.54, 1.807) is 0 Å². The molecule has 2 fully saturated rings. The van der Waals surface area contributed by atoms with Crippen molar-refractivity contribution in [1.29, 1.82) is 0 Å². The van der Waals surface area contributed by atoms with Gasteiger partial charge in [-0.05, 0) is 57.7 Å². The highest BCUT2D eigenvalue weighted by atomic mass is 15.1. The summed E-state index contributed by atoms with van der Waals surface area (Å²) in [5.41, 5.74) is 0. The van der Waals surface area contributed by atoms with E-state index >= 15 is 0 Å². The van der Waals surface area contributed by atoms with Crippen LogP contribution in [0.1, 0.15) is 64.7 Å². The molecule has 18 heavy (non-hydrogen) atoms. The minimum Gasteiger partial charge on any atom is -0.314 e. The van der Waals surface area contributed by atoms with Crippen molar-refractivity contribution in [2.75, 3.05) is 26.2 Å². The highest BCUT2D eigenvalue weighted by Gasteiger charge is 2.28. The Morgan fingerprint density at radius 1 is 0.944 bits per heavy atom. The van der Waals surface area contributed by atoms with E-state index in [1.807, 2.05) is 0 Å². The predicted octanol–water partition coefficient (Wildman–Crippen LogP) is 3.42. The molecule has 0 aromatic heterocycles. The van der Waals surface area contributed by atoms with Crippen LogP contribution in [0.5, 0.6) is 0 Å². The van der Waals surface area contributed by atoms with E-state index < -0.39 is 0 Å². The second-order valence-corrected chi connectivity index (χ2v) is 6.32. The van der Waals surface area contributed by atoms with Gasteiger partial charge in [0.1, 0.15) is 0 Å². The molecule has 2 aliphatic rings. The highest BCUT2D eigenvalue weighted by Crippen LogP contribution is 2.27. The van der Waals surface area contributed by atoms with Crippen molar-refractivity contribution in [2.45, 2.75) is 70.8 Å². The molecule has 2 rings (SSSR count). The molecular formula is C16H32N2. The van der Waals surface area contributed by atoms with Crippen LogP contribution < -0.4 is 5.32 Å². The van der Waals surface area contributed by atoms with Gasteiger partial charge in [0, 0.05) is 12.6 Å². The molecule has 0 bridgehead atoms. The Bertz CT molecular complexity index is 209. The molecule has 2 unspecified atom stereocenters. The van der Waals surface area contributed by atoms with Crippen molar-refractivity contribution in [3.63, 3.8) is 0 Å². The highest BCUT2D eigenvalue weighted by molar-refractivity contribution is 4.85. The molecule has 1 heterocycles. The van der Waals surface area contributed by atoms with Gasteiger partial charge in [-0.25, -0.2) is 0 Å². The first-order chi connectivity index (χ1) is 8.90. The van der Waals surface area contributed by atoms with Gasteiger partial charge in [0.25, 0.3) is 0 Å². The first-order valence-corrected chi connectivity index (χ1v) is 8.36.